The minimum absolute atomic E-state index is 0.115. The first-order valence-electron chi connectivity index (χ1n) is 8.60. The molecule has 2 aliphatic rings. The van der Waals surface area contributed by atoms with E-state index in [9.17, 15) is 4.79 Å². The average Bonchev–Trinajstić information content (AvgIpc) is 2.96. The van der Waals surface area contributed by atoms with Gasteiger partial charge in [0.05, 0.1) is 11.8 Å². The van der Waals surface area contributed by atoms with Crippen LogP contribution in [0.15, 0.2) is 11.1 Å². The molecule has 0 N–H and O–H groups in total. The molecular weight excluding hydrogens is 342 g/mol. The maximum absolute atomic E-state index is 13.1. The number of nitrogens with zero attached hydrogens (tertiary/aromatic N) is 3. The van der Waals surface area contributed by atoms with E-state index in [0.717, 1.165) is 48.7 Å². The summed E-state index contributed by atoms with van der Waals surface area (Å²) in [5.74, 6) is 0. The lowest BCUT2D eigenvalue weighted by Crippen LogP contribution is -2.32. The molecule has 2 aromatic rings. The average molecular weight is 364 g/mol. The van der Waals surface area contributed by atoms with Crippen molar-refractivity contribution in [1.82, 2.24) is 14.5 Å². The van der Waals surface area contributed by atoms with Crippen LogP contribution in [0.4, 0.5) is 0 Å². The van der Waals surface area contributed by atoms with E-state index >= 15 is 0 Å². The van der Waals surface area contributed by atoms with Crippen molar-refractivity contribution in [2.75, 3.05) is 14.1 Å². The predicted molar refractivity (Wildman–Crippen MR) is 101 cm³/mol. The summed E-state index contributed by atoms with van der Waals surface area (Å²) in [6.07, 6.45) is 9.93. The first-order valence-corrected chi connectivity index (χ1v) is 9.86. The molecule has 0 radical (unpaired) electrons. The molecule has 2 aromatic heterocycles. The maximum Gasteiger partial charge on any atom is 0.271 e. The molecule has 0 saturated heterocycles. The molecule has 1 fully saturated rings. The van der Waals surface area contributed by atoms with Gasteiger partial charge in [0.1, 0.15) is 4.70 Å². The van der Waals surface area contributed by atoms with Gasteiger partial charge in [-0.05, 0) is 38.5 Å². The van der Waals surface area contributed by atoms with Gasteiger partial charge in [-0.15, -0.1) is 22.9 Å². The summed E-state index contributed by atoms with van der Waals surface area (Å²) in [6, 6.07) is 0.241. The van der Waals surface area contributed by atoms with E-state index in [2.05, 4.69) is 25.1 Å². The highest BCUT2D eigenvalue weighted by molar-refractivity contribution is 7.16. The Morgan fingerprint density at radius 3 is 2.75 bits per heavy atom. The number of halogens is 1. The molecule has 0 aromatic carbocycles. The molecule has 0 spiro atoms. The SMILES string of the molecule is CN(C)C1=c2c(sc3c(=O)n(C4CCC(Cl)CC4)cnc23)=CCC1. The third-order valence-electron chi connectivity index (χ3n) is 5.21. The van der Waals surface area contributed by atoms with Crippen molar-refractivity contribution in [1.29, 1.82) is 0 Å². The Bertz CT molecular complexity index is 951. The van der Waals surface area contributed by atoms with Gasteiger partial charge in [0.2, 0.25) is 0 Å². The highest BCUT2D eigenvalue weighted by Crippen LogP contribution is 2.30. The molecule has 6 heteroatoms. The van der Waals surface area contributed by atoms with E-state index in [1.807, 2.05) is 4.57 Å². The molecule has 4 rings (SSSR count). The van der Waals surface area contributed by atoms with E-state index < -0.39 is 0 Å². The molecule has 128 valence electrons. The summed E-state index contributed by atoms with van der Waals surface area (Å²) in [7, 11) is 4.14. The maximum atomic E-state index is 13.1. The molecular formula is C18H22ClN3OS. The number of hydrogen-bond acceptors (Lipinski definition) is 4. The Labute approximate surface area is 150 Å². The van der Waals surface area contributed by atoms with Gasteiger partial charge < -0.3 is 4.90 Å². The number of rotatable bonds is 2. The quantitative estimate of drug-likeness (QED) is 0.769. The molecule has 0 atom stereocenters. The zero-order valence-electron chi connectivity index (χ0n) is 14.1. The second-order valence-electron chi connectivity index (χ2n) is 6.97. The van der Waals surface area contributed by atoms with Crippen LogP contribution in [0.1, 0.15) is 44.6 Å². The summed E-state index contributed by atoms with van der Waals surface area (Å²) in [5, 5.41) is 1.43. The fourth-order valence-electron chi connectivity index (χ4n) is 3.91. The Kier molecular flexibility index (Phi) is 4.17. The fraction of sp³-hybridized carbons (Fsp3) is 0.556. The van der Waals surface area contributed by atoms with Gasteiger partial charge in [0, 0.05) is 41.0 Å². The molecule has 2 heterocycles. The molecule has 0 bridgehead atoms. The first kappa shape index (κ1) is 16.2. The second-order valence-corrected chi connectivity index (χ2v) is 8.64. The van der Waals surface area contributed by atoms with E-state index in [-0.39, 0.29) is 17.0 Å². The van der Waals surface area contributed by atoms with Crippen molar-refractivity contribution in [2.24, 2.45) is 0 Å². The van der Waals surface area contributed by atoms with Crippen LogP contribution in [0, 0.1) is 0 Å². The lowest BCUT2D eigenvalue weighted by Gasteiger charge is -2.26. The van der Waals surface area contributed by atoms with Crippen LogP contribution in [-0.4, -0.2) is 33.9 Å². The zero-order valence-corrected chi connectivity index (χ0v) is 15.7. The summed E-state index contributed by atoms with van der Waals surface area (Å²) < 4.78 is 3.85. The molecule has 0 aliphatic heterocycles. The molecule has 2 aliphatic carbocycles. The number of alkyl halides is 1. The van der Waals surface area contributed by atoms with Crippen molar-refractivity contribution in [3.8, 4) is 0 Å². The lowest BCUT2D eigenvalue weighted by molar-refractivity contribution is 0.349. The van der Waals surface area contributed by atoms with Gasteiger partial charge in [-0.2, -0.15) is 0 Å². The van der Waals surface area contributed by atoms with Crippen LogP contribution in [-0.2, 0) is 0 Å². The standard InChI is InChI=1S/C18H22ClN3OS/c1-21(2)13-4-3-5-14-15(13)16-17(24-14)18(23)22(10-20-16)12-8-6-11(19)7-9-12/h5,10-12H,3-4,6-9H2,1-2H3. The van der Waals surface area contributed by atoms with Gasteiger partial charge in [0.25, 0.3) is 5.56 Å². The predicted octanol–water partition coefficient (Wildman–Crippen LogP) is 2.42. The van der Waals surface area contributed by atoms with E-state index in [0.29, 0.717) is 0 Å². The van der Waals surface area contributed by atoms with Gasteiger partial charge in [-0.3, -0.25) is 9.36 Å². The van der Waals surface area contributed by atoms with Gasteiger partial charge in [-0.1, -0.05) is 6.08 Å². The Balaban J connectivity index is 1.91. The van der Waals surface area contributed by atoms with Crippen LogP contribution in [0.2, 0.25) is 0 Å². The third kappa shape index (κ3) is 2.58. The highest BCUT2D eigenvalue weighted by atomic mass is 35.5. The smallest absolute Gasteiger partial charge is 0.271 e. The van der Waals surface area contributed by atoms with Crippen molar-refractivity contribution >= 4 is 44.9 Å². The minimum atomic E-state index is 0.115. The minimum Gasteiger partial charge on any atom is -0.380 e. The summed E-state index contributed by atoms with van der Waals surface area (Å²) in [4.78, 5) is 19.9. The summed E-state index contributed by atoms with van der Waals surface area (Å²) in [6.45, 7) is 0. The van der Waals surface area contributed by atoms with Crippen LogP contribution in [0.5, 0.6) is 0 Å². The Hall–Kier alpha value is -1.33. The van der Waals surface area contributed by atoms with Crippen LogP contribution in [0.3, 0.4) is 0 Å². The van der Waals surface area contributed by atoms with Gasteiger partial charge in [0.15, 0.2) is 0 Å². The lowest BCUT2D eigenvalue weighted by atomic mass is 9.95. The number of hydrogen-bond donors (Lipinski definition) is 0. The summed E-state index contributed by atoms with van der Waals surface area (Å²) in [5.41, 5.74) is 2.27. The normalized spacial score (nSPS) is 23.9. The highest BCUT2D eigenvalue weighted by Gasteiger charge is 2.23. The van der Waals surface area contributed by atoms with Crippen molar-refractivity contribution in [2.45, 2.75) is 49.9 Å². The Morgan fingerprint density at radius 1 is 1.29 bits per heavy atom. The number of aromatic nitrogens is 2. The van der Waals surface area contributed by atoms with E-state index in [1.165, 1.54) is 15.4 Å². The summed E-state index contributed by atoms with van der Waals surface area (Å²) >= 11 is 7.81. The van der Waals surface area contributed by atoms with Crippen LogP contribution < -0.4 is 15.3 Å². The first-order chi connectivity index (χ1) is 11.6. The molecule has 0 amide bonds. The zero-order chi connectivity index (χ0) is 16.8. The monoisotopic (exact) mass is 363 g/mol. The van der Waals surface area contributed by atoms with Crippen molar-refractivity contribution in [3.63, 3.8) is 0 Å². The Morgan fingerprint density at radius 2 is 2.04 bits per heavy atom. The van der Waals surface area contributed by atoms with Crippen LogP contribution in [0.25, 0.3) is 22.0 Å². The van der Waals surface area contributed by atoms with E-state index in [1.54, 1.807) is 17.7 Å². The van der Waals surface area contributed by atoms with Crippen molar-refractivity contribution < 1.29 is 0 Å². The molecule has 0 unspecified atom stereocenters. The van der Waals surface area contributed by atoms with Gasteiger partial charge >= 0.3 is 0 Å². The molecule has 24 heavy (non-hydrogen) atoms. The molecule has 4 nitrogen and oxygen atoms in total. The van der Waals surface area contributed by atoms with Gasteiger partial charge in [-0.25, -0.2) is 4.98 Å². The number of fused-ring (bicyclic) bond motifs is 3. The fourth-order valence-corrected chi connectivity index (χ4v) is 5.34. The van der Waals surface area contributed by atoms with Crippen molar-refractivity contribution in [3.05, 3.63) is 26.4 Å². The number of thiophene rings is 1. The topological polar surface area (TPSA) is 38.1 Å². The molecule has 1 saturated carbocycles. The van der Waals surface area contributed by atoms with E-state index in [4.69, 9.17) is 16.6 Å². The largest absolute Gasteiger partial charge is 0.380 e. The van der Waals surface area contributed by atoms with Crippen LogP contribution >= 0.6 is 22.9 Å². The third-order valence-corrected chi connectivity index (χ3v) is 6.81. The second kappa shape index (κ2) is 6.19.